The number of aliphatic hydroxyl groups is 2. The molecule has 0 radical (unpaired) electrons. The van der Waals surface area contributed by atoms with Crippen molar-refractivity contribution in [1.29, 1.82) is 0 Å². The molecule has 0 saturated carbocycles. The van der Waals surface area contributed by atoms with Gasteiger partial charge in [0.05, 0.1) is 17.4 Å². The van der Waals surface area contributed by atoms with Crippen LogP contribution in [0.1, 0.15) is 90.2 Å². The average Bonchev–Trinajstić information content (AvgIpc) is 3.57. The normalized spacial score (nSPS) is 9.17. The van der Waals surface area contributed by atoms with Gasteiger partial charge in [-0.15, -0.1) is 6.42 Å². The topological polar surface area (TPSA) is 125 Å². The molecule has 2 aromatic heterocycles. The minimum absolute atomic E-state index is 0.0121. The van der Waals surface area contributed by atoms with Gasteiger partial charge in [-0.2, -0.15) is 0 Å². The number of aromatic nitrogens is 2. The minimum atomic E-state index is -0.573. The number of fused-ring (bicyclic) bond motifs is 1. The summed E-state index contributed by atoms with van der Waals surface area (Å²) in [6.45, 7) is 18.1. The molecular weight excluding hydrogens is 604 g/mol. The van der Waals surface area contributed by atoms with Crippen molar-refractivity contribution in [2.24, 2.45) is 0 Å². The number of ether oxygens (including phenoxy) is 1. The van der Waals surface area contributed by atoms with Crippen molar-refractivity contribution in [3.8, 4) is 29.4 Å². The number of benzene rings is 2. The van der Waals surface area contributed by atoms with Crippen LogP contribution in [-0.2, 0) is 11.2 Å². The fraction of sp³-hybridized carbons (Fsp3) is 0.410. The molecule has 0 bridgehead atoms. The molecule has 48 heavy (non-hydrogen) atoms. The second kappa shape index (κ2) is 28.6. The van der Waals surface area contributed by atoms with Gasteiger partial charge in [0.2, 0.25) is 5.91 Å². The first kappa shape index (κ1) is 45.5. The fourth-order valence-electron chi connectivity index (χ4n) is 3.66. The predicted molar refractivity (Wildman–Crippen MR) is 199 cm³/mol. The highest BCUT2D eigenvalue weighted by Gasteiger charge is 2.10. The Hall–Kier alpha value is -4.65. The molecule has 0 aliphatic rings. The number of carbonyl (C=O) groups excluding carboxylic acids is 2. The highest BCUT2D eigenvalue weighted by Crippen LogP contribution is 2.21. The van der Waals surface area contributed by atoms with Crippen LogP contribution in [0.2, 0.25) is 0 Å². The SMILES string of the molecule is C#Cc1cc(C(=O)NCCNC(=O)CO)ccc1OC(C)C.CC.CC.CCC.CCc1ccc(-c2cn3ccccc3n2)cc1.CO. The number of aliphatic hydroxyl groups excluding tert-OH is 2. The van der Waals surface area contributed by atoms with Crippen LogP contribution in [0.3, 0.4) is 0 Å². The lowest BCUT2D eigenvalue weighted by Crippen LogP contribution is -2.35. The Bertz CT molecular complexity index is 1420. The van der Waals surface area contributed by atoms with Crippen LogP contribution in [0.4, 0.5) is 0 Å². The first-order chi connectivity index (χ1) is 23.3. The number of rotatable bonds is 9. The first-order valence-electron chi connectivity index (χ1n) is 16.7. The van der Waals surface area contributed by atoms with Crippen molar-refractivity contribution < 1.29 is 24.5 Å². The van der Waals surface area contributed by atoms with E-state index in [-0.39, 0.29) is 25.1 Å². The van der Waals surface area contributed by atoms with E-state index in [1.807, 2.05) is 70.3 Å². The lowest BCUT2D eigenvalue weighted by atomic mass is 10.1. The Morgan fingerprint density at radius 2 is 1.54 bits per heavy atom. The molecular formula is C39H58N4O5. The molecule has 264 valence electrons. The Kier molecular flexibility index (Phi) is 27.1. The van der Waals surface area contributed by atoms with Gasteiger partial charge in [0.25, 0.3) is 5.91 Å². The van der Waals surface area contributed by atoms with Crippen molar-refractivity contribution >= 4 is 17.5 Å². The summed E-state index contributed by atoms with van der Waals surface area (Å²) in [7, 11) is 1.00. The summed E-state index contributed by atoms with van der Waals surface area (Å²) in [5, 5.41) is 20.6. The zero-order valence-corrected chi connectivity index (χ0v) is 30.6. The smallest absolute Gasteiger partial charge is 0.251 e. The third kappa shape index (κ3) is 17.3. The van der Waals surface area contributed by atoms with E-state index < -0.39 is 12.5 Å². The van der Waals surface area contributed by atoms with Gasteiger partial charge in [-0.05, 0) is 56.2 Å². The van der Waals surface area contributed by atoms with E-state index in [9.17, 15) is 9.59 Å². The number of nitrogens with one attached hydrogen (secondary N) is 2. The standard InChI is InChI=1S/C16H20N2O4.C15H14N2.C3H8.2C2H6.CH4O/c1-4-12-9-13(5-6-14(12)22-11(2)3)16(21)18-8-7-17-15(20)10-19;1-2-12-6-8-13(9-7-12)14-11-17-10-4-3-5-15(17)16-14;1-3-2;3*1-2/h1,5-6,9,11,19H,7-8,10H2,2-3H3,(H,17,20)(H,18,21);3-11H,2H2,1H3;3H2,1-2H3;2*1-2H3;2H,1H3. The van der Waals surface area contributed by atoms with E-state index in [2.05, 4.69) is 72.8 Å². The van der Waals surface area contributed by atoms with Gasteiger partial charge in [0.1, 0.15) is 18.0 Å². The lowest BCUT2D eigenvalue weighted by molar-refractivity contribution is -0.123. The second-order valence-corrected chi connectivity index (χ2v) is 9.64. The molecule has 0 aliphatic carbocycles. The van der Waals surface area contributed by atoms with E-state index in [1.54, 1.807) is 18.2 Å². The minimum Gasteiger partial charge on any atom is -0.490 e. The van der Waals surface area contributed by atoms with Gasteiger partial charge in [0.15, 0.2) is 0 Å². The van der Waals surface area contributed by atoms with Gasteiger partial charge in [-0.25, -0.2) is 4.98 Å². The summed E-state index contributed by atoms with van der Waals surface area (Å²) in [6.07, 6.45) is 11.8. The van der Waals surface area contributed by atoms with Crippen LogP contribution in [0.25, 0.3) is 16.9 Å². The Balaban J connectivity index is 0. The van der Waals surface area contributed by atoms with E-state index in [4.69, 9.17) is 21.4 Å². The summed E-state index contributed by atoms with van der Waals surface area (Å²) >= 11 is 0. The summed E-state index contributed by atoms with van der Waals surface area (Å²) in [5.74, 6) is 2.27. The van der Waals surface area contributed by atoms with Crippen molar-refractivity contribution in [3.63, 3.8) is 0 Å². The Morgan fingerprint density at radius 3 is 2.06 bits per heavy atom. The van der Waals surface area contributed by atoms with Crippen molar-refractivity contribution in [2.75, 3.05) is 26.8 Å². The number of hydrogen-bond donors (Lipinski definition) is 4. The molecule has 0 unspecified atom stereocenters. The van der Waals surface area contributed by atoms with Crippen LogP contribution in [-0.4, -0.2) is 64.3 Å². The molecule has 0 aliphatic heterocycles. The number of pyridine rings is 1. The molecule has 0 spiro atoms. The summed E-state index contributed by atoms with van der Waals surface area (Å²) in [6, 6.07) is 19.5. The van der Waals surface area contributed by atoms with E-state index >= 15 is 0 Å². The predicted octanol–water partition coefficient (Wildman–Crippen LogP) is 6.93. The van der Waals surface area contributed by atoms with E-state index in [0.717, 1.165) is 24.9 Å². The maximum atomic E-state index is 12.0. The zero-order chi connectivity index (χ0) is 36.9. The van der Waals surface area contributed by atoms with Crippen LogP contribution in [0, 0.1) is 12.3 Å². The summed E-state index contributed by atoms with van der Waals surface area (Å²) in [4.78, 5) is 27.4. The molecule has 4 rings (SSSR count). The average molecular weight is 663 g/mol. The van der Waals surface area contributed by atoms with Gasteiger partial charge >= 0.3 is 0 Å². The van der Waals surface area contributed by atoms with Gasteiger partial charge in [-0.1, -0.05) is 91.1 Å². The Morgan fingerprint density at radius 1 is 0.938 bits per heavy atom. The number of aryl methyl sites for hydroxylation is 1. The molecule has 9 heteroatoms. The summed E-state index contributed by atoms with van der Waals surface area (Å²) in [5.41, 5.74) is 5.47. The molecule has 9 nitrogen and oxygen atoms in total. The quantitative estimate of drug-likeness (QED) is 0.114. The molecule has 4 N–H and O–H groups in total. The van der Waals surface area contributed by atoms with Crippen LogP contribution in [0.15, 0.2) is 73.1 Å². The van der Waals surface area contributed by atoms with Crippen molar-refractivity contribution in [3.05, 3.63) is 89.7 Å². The molecule has 0 atom stereocenters. The van der Waals surface area contributed by atoms with Crippen LogP contribution < -0.4 is 15.4 Å². The van der Waals surface area contributed by atoms with Crippen molar-refractivity contribution in [1.82, 2.24) is 20.0 Å². The number of nitrogens with zero attached hydrogens (tertiary/aromatic N) is 2. The monoisotopic (exact) mass is 662 g/mol. The number of imidazole rings is 1. The number of carbonyl (C=O) groups is 2. The van der Waals surface area contributed by atoms with Gasteiger partial charge in [0, 0.05) is 43.7 Å². The van der Waals surface area contributed by atoms with Crippen LogP contribution in [0.5, 0.6) is 5.75 Å². The highest BCUT2D eigenvalue weighted by atomic mass is 16.5. The number of amides is 2. The molecule has 0 saturated heterocycles. The largest absolute Gasteiger partial charge is 0.490 e. The zero-order valence-electron chi connectivity index (χ0n) is 30.6. The lowest BCUT2D eigenvalue weighted by Gasteiger charge is -2.13. The first-order valence-corrected chi connectivity index (χ1v) is 16.7. The molecule has 2 amide bonds. The second-order valence-electron chi connectivity index (χ2n) is 9.64. The maximum Gasteiger partial charge on any atom is 0.251 e. The van der Waals surface area contributed by atoms with Crippen molar-refractivity contribution in [2.45, 2.75) is 81.3 Å². The maximum absolute atomic E-state index is 12.0. The molecule has 0 fully saturated rings. The Labute approximate surface area is 288 Å². The fourth-order valence-corrected chi connectivity index (χ4v) is 3.66. The third-order valence-electron chi connectivity index (χ3n) is 5.66. The summed E-state index contributed by atoms with van der Waals surface area (Å²) < 4.78 is 7.61. The molecule has 2 heterocycles. The molecule has 2 aromatic carbocycles. The van der Waals surface area contributed by atoms with E-state index in [0.29, 0.717) is 16.9 Å². The number of terminal acetylenes is 1. The van der Waals surface area contributed by atoms with Gasteiger partial charge < -0.3 is 30.0 Å². The van der Waals surface area contributed by atoms with Gasteiger partial charge in [-0.3, -0.25) is 9.59 Å². The highest BCUT2D eigenvalue weighted by molar-refractivity contribution is 5.94. The van der Waals surface area contributed by atoms with E-state index in [1.165, 1.54) is 17.5 Å². The number of hydrogen-bond acceptors (Lipinski definition) is 6. The molecule has 4 aromatic rings. The third-order valence-corrected chi connectivity index (χ3v) is 5.66. The van der Waals surface area contributed by atoms with Crippen LogP contribution >= 0.6 is 0 Å².